The molecule has 18 heavy (non-hydrogen) atoms. The lowest BCUT2D eigenvalue weighted by Crippen LogP contribution is -2.61. The minimum Gasteiger partial charge on any atom is -0.377 e. The van der Waals surface area contributed by atoms with Gasteiger partial charge in [-0.3, -0.25) is 4.90 Å². The zero-order valence-corrected chi connectivity index (χ0v) is 13.0. The first-order chi connectivity index (χ1) is 8.60. The Labute approximate surface area is 113 Å². The van der Waals surface area contributed by atoms with E-state index in [0.717, 1.165) is 6.61 Å². The molecule has 0 amide bonds. The second-order valence-electron chi connectivity index (χ2n) is 5.73. The zero-order valence-electron chi connectivity index (χ0n) is 13.0. The van der Waals surface area contributed by atoms with Crippen molar-refractivity contribution in [3.8, 4) is 0 Å². The first-order valence-electron chi connectivity index (χ1n) is 7.64. The highest BCUT2D eigenvalue weighted by molar-refractivity contribution is 5.00. The first-order valence-corrected chi connectivity index (χ1v) is 7.64. The van der Waals surface area contributed by atoms with Crippen LogP contribution in [0, 0.1) is 0 Å². The molecule has 3 heteroatoms. The molecule has 0 radical (unpaired) electrons. The molecular formula is C15H32N2O. The van der Waals surface area contributed by atoms with E-state index >= 15 is 0 Å². The Balaban J connectivity index is 2.78. The predicted molar refractivity (Wildman–Crippen MR) is 78.1 cm³/mol. The van der Waals surface area contributed by atoms with Gasteiger partial charge in [0.1, 0.15) is 0 Å². The summed E-state index contributed by atoms with van der Waals surface area (Å²) < 4.78 is 5.87. The zero-order chi connectivity index (χ0) is 13.6. The quantitative estimate of drug-likeness (QED) is 0.722. The lowest BCUT2D eigenvalue weighted by Gasteiger charge is -2.47. The smallest absolute Gasteiger partial charge is 0.0641 e. The van der Waals surface area contributed by atoms with Crippen LogP contribution in [-0.4, -0.2) is 49.3 Å². The van der Waals surface area contributed by atoms with Crippen LogP contribution in [0.2, 0.25) is 0 Å². The highest BCUT2D eigenvalue weighted by Gasteiger charge is 2.41. The van der Waals surface area contributed by atoms with Crippen LogP contribution in [0.5, 0.6) is 0 Å². The van der Waals surface area contributed by atoms with Gasteiger partial charge in [0.25, 0.3) is 0 Å². The summed E-state index contributed by atoms with van der Waals surface area (Å²) in [4.78, 5) is 2.69. The SMILES string of the molecule is CCC(CC)(C(COC(C)C)NC)N1CCCC1. The number of nitrogens with zero attached hydrogens (tertiary/aromatic N) is 1. The summed E-state index contributed by atoms with van der Waals surface area (Å²) in [6.45, 7) is 12.2. The van der Waals surface area contributed by atoms with E-state index in [9.17, 15) is 0 Å². The number of rotatable bonds is 8. The maximum atomic E-state index is 5.87. The number of nitrogens with one attached hydrogen (secondary N) is 1. The fraction of sp³-hybridized carbons (Fsp3) is 1.00. The van der Waals surface area contributed by atoms with Gasteiger partial charge in [0.2, 0.25) is 0 Å². The number of hydrogen-bond acceptors (Lipinski definition) is 3. The maximum absolute atomic E-state index is 5.87. The van der Waals surface area contributed by atoms with E-state index in [-0.39, 0.29) is 5.54 Å². The Hall–Kier alpha value is -0.120. The third kappa shape index (κ3) is 3.46. The van der Waals surface area contributed by atoms with Crippen molar-refractivity contribution in [2.75, 3.05) is 26.7 Å². The van der Waals surface area contributed by atoms with Gasteiger partial charge < -0.3 is 10.1 Å². The van der Waals surface area contributed by atoms with Gasteiger partial charge in [-0.2, -0.15) is 0 Å². The molecular weight excluding hydrogens is 224 g/mol. The molecule has 0 aliphatic carbocycles. The summed E-state index contributed by atoms with van der Waals surface area (Å²) in [5.74, 6) is 0. The lowest BCUT2D eigenvalue weighted by molar-refractivity contribution is -0.00526. The van der Waals surface area contributed by atoms with Crippen molar-refractivity contribution in [1.82, 2.24) is 10.2 Å². The third-order valence-electron chi connectivity index (χ3n) is 4.55. The van der Waals surface area contributed by atoms with Crippen LogP contribution in [0.1, 0.15) is 53.4 Å². The Morgan fingerprint density at radius 1 is 1.17 bits per heavy atom. The monoisotopic (exact) mass is 256 g/mol. The van der Waals surface area contributed by atoms with Crippen LogP contribution in [-0.2, 0) is 4.74 Å². The van der Waals surface area contributed by atoms with Crippen LogP contribution < -0.4 is 5.32 Å². The van der Waals surface area contributed by atoms with Crippen molar-refractivity contribution < 1.29 is 4.74 Å². The van der Waals surface area contributed by atoms with E-state index in [1.165, 1.54) is 38.8 Å². The summed E-state index contributed by atoms with van der Waals surface area (Å²) in [6, 6.07) is 0.424. The lowest BCUT2D eigenvalue weighted by atomic mass is 9.83. The van der Waals surface area contributed by atoms with Crippen molar-refractivity contribution in [2.45, 2.75) is 71.1 Å². The molecule has 1 unspecified atom stereocenters. The largest absolute Gasteiger partial charge is 0.377 e. The normalized spacial score (nSPS) is 19.7. The van der Waals surface area contributed by atoms with Crippen molar-refractivity contribution in [1.29, 1.82) is 0 Å². The molecule has 0 aromatic heterocycles. The fourth-order valence-corrected chi connectivity index (χ4v) is 3.37. The minimum absolute atomic E-state index is 0.264. The summed E-state index contributed by atoms with van der Waals surface area (Å²) in [5.41, 5.74) is 0.264. The second-order valence-corrected chi connectivity index (χ2v) is 5.73. The minimum atomic E-state index is 0.264. The van der Waals surface area contributed by atoms with Gasteiger partial charge in [0.15, 0.2) is 0 Å². The van der Waals surface area contributed by atoms with E-state index < -0.39 is 0 Å². The van der Waals surface area contributed by atoms with Gasteiger partial charge in [-0.25, -0.2) is 0 Å². The molecule has 1 rings (SSSR count). The molecule has 1 atom stereocenters. The molecule has 0 saturated carbocycles. The number of likely N-dealkylation sites (N-methyl/N-ethyl adjacent to an activating group) is 1. The molecule has 1 fully saturated rings. The third-order valence-corrected chi connectivity index (χ3v) is 4.55. The predicted octanol–water partition coefficient (Wildman–Crippen LogP) is 2.65. The first kappa shape index (κ1) is 15.9. The van der Waals surface area contributed by atoms with Crippen LogP contribution in [0.15, 0.2) is 0 Å². The van der Waals surface area contributed by atoms with E-state index in [1.807, 2.05) is 0 Å². The molecule has 3 nitrogen and oxygen atoms in total. The van der Waals surface area contributed by atoms with Crippen LogP contribution in [0.3, 0.4) is 0 Å². The Morgan fingerprint density at radius 2 is 1.72 bits per heavy atom. The van der Waals surface area contributed by atoms with Crippen LogP contribution in [0.4, 0.5) is 0 Å². The summed E-state index contributed by atoms with van der Waals surface area (Å²) in [7, 11) is 2.07. The number of likely N-dealkylation sites (tertiary alicyclic amines) is 1. The van der Waals surface area contributed by atoms with Gasteiger partial charge in [-0.05, 0) is 59.7 Å². The second kappa shape index (κ2) is 7.46. The summed E-state index contributed by atoms with van der Waals surface area (Å²) in [5, 5.41) is 3.51. The Morgan fingerprint density at radius 3 is 2.11 bits per heavy atom. The van der Waals surface area contributed by atoms with Crippen molar-refractivity contribution in [3.05, 3.63) is 0 Å². The van der Waals surface area contributed by atoms with Crippen LogP contribution in [0.25, 0.3) is 0 Å². The average Bonchev–Trinajstić information content (AvgIpc) is 2.88. The standard InChI is InChI=1S/C15H32N2O/c1-6-15(7-2,17-10-8-9-11-17)14(16-5)12-18-13(3)4/h13-14,16H,6-12H2,1-5H3. The van der Waals surface area contributed by atoms with Crippen LogP contribution >= 0.6 is 0 Å². The van der Waals surface area contributed by atoms with Crippen molar-refractivity contribution >= 4 is 0 Å². The molecule has 1 saturated heterocycles. The highest BCUT2D eigenvalue weighted by Crippen LogP contribution is 2.31. The fourth-order valence-electron chi connectivity index (χ4n) is 3.37. The molecule has 1 aliphatic rings. The van der Waals surface area contributed by atoms with Gasteiger partial charge in [0.05, 0.1) is 12.7 Å². The molecule has 0 bridgehead atoms. The average molecular weight is 256 g/mol. The van der Waals surface area contributed by atoms with Crippen molar-refractivity contribution in [3.63, 3.8) is 0 Å². The molecule has 1 heterocycles. The summed E-state index contributed by atoms with van der Waals surface area (Å²) >= 11 is 0. The van der Waals surface area contributed by atoms with E-state index in [2.05, 4.69) is 45.0 Å². The topological polar surface area (TPSA) is 24.5 Å². The van der Waals surface area contributed by atoms with E-state index in [4.69, 9.17) is 4.74 Å². The van der Waals surface area contributed by atoms with Gasteiger partial charge >= 0.3 is 0 Å². The molecule has 0 aromatic carbocycles. The molecule has 1 N–H and O–H groups in total. The van der Waals surface area contributed by atoms with E-state index in [1.54, 1.807) is 0 Å². The number of ether oxygens (including phenoxy) is 1. The summed E-state index contributed by atoms with van der Waals surface area (Å²) in [6.07, 6.45) is 5.39. The van der Waals surface area contributed by atoms with Crippen molar-refractivity contribution in [2.24, 2.45) is 0 Å². The molecule has 0 spiro atoms. The van der Waals surface area contributed by atoms with E-state index in [0.29, 0.717) is 12.1 Å². The van der Waals surface area contributed by atoms with Gasteiger partial charge in [0, 0.05) is 11.6 Å². The Bertz CT molecular complexity index is 221. The van der Waals surface area contributed by atoms with Gasteiger partial charge in [-0.15, -0.1) is 0 Å². The molecule has 108 valence electrons. The number of hydrogen-bond donors (Lipinski definition) is 1. The molecule has 0 aromatic rings. The maximum Gasteiger partial charge on any atom is 0.0641 e. The Kier molecular flexibility index (Phi) is 6.61. The highest BCUT2D eigenvalue weighted by atomic mass is 16.5. The van der Waals surface area contributed by atoms with Gasteiger partial charge in [-0.1, -0.05) is 13.8 Å². The molecule has 1 aliphatic heterocycles.